The number of pyridine rings is 1. The lowest BCUT2D eigenvalue weighted by molar-refractivity contribution is 0.220. The van der Waals surface area contributed by atoms with Gasteiger partial charge in [0.25, 0.3) is 0 Å². The number of nitrogens with zero attached hydrogens (tertiary/aromatic N) is 3. The third-order valence-corrected chi connectivity index (χ3v) is 3.01. The van der Waals surface area contributed by atoms with E-state index in [1.807, 2.05) is 25.3 Å². The number of aliphatic hydroxyl groups is 1. The van der Waals surface area contributed by atoms with Crippen LogP contribution in [0.15, 0.2) is 18.3 Å². The van der Waals surface area contributed by atoms with Crippen LogP contribution in [0.5, 0.6) is 0 Å². The van der Waals surface area contributed by atoms with Crippen molar-refractivity contribution in [1.82, 2.24) is 14.6 Å². The fourth-order valence-corrected chi connectivity index (χ4v) is 1.77. The van der Waals surface area contributed by atoms with Crippen molar-refractivity contribution in [3.05, 3.63) is 23.9 Å². The lowest BCUT2D eigenvalue weighted by atomic mass is 9.90. The van der Waals surface area contributed by atoms with E-state index < -0.39 is 0 Å². The second-order valence-corrected chi connectivity index (χ2v) is 5.43. The zero-order valence-electron chi connectivity index (χ0n) is 11.1. The summed E-state index contributed by atoms with van der Waals surface area (Å²) in [5.74, 6) is 0.631. The third-order valence-electron chi connectivity index (χ3n) is 3.01. The first-order valence-corrected chi connectivity index (χ1v) is 6.18. The van der Waals surface area contributed by atoms with Crippen molar-refractivity contribution in [2.45, 2.75) is 27.2 Å². The Morgan fingerprint density at radius 3 is 2.94 bits per heavy atom. The summed E-state index contributed by atoms with van der Waals surface area (Å²) in [5.41, 5.74) is 2.04. The first-order chi connectivity index (χ1) is 8.50. The Kier molecular flexibility index (Phi) is 3.52. The quantitative estimate of drug-likeness (QED) is 0.847. The van der Waals surface area contributed by atoms with Gasteiger partial charge in [-0.3, -0.25) is 0 Å². The molecular formula is C13H20N4O. The first-order valence-electron chi connectivity index (χ1n) is 6.18. The van der Waals surface area contributed by atoms with Crippen molar-refractivity contribution in [3.63, 3.8) is 0 Å². The summed E-state index contributed by atoms with van der Waals surface area (Å²) < 4.78 is 1.76. The average Bonchev–Trinajstić information content (AvgIpc) is 2.68. The minimum Gasteiger partial charge on any atom is -0.396 e. The van der Waals surface area contributed by atoms with Gasteiger partial charge in [-0.1, -0.05) is 13.8 Å². The molecule has 2 heterocycles. The van der Waals surface area contributed by atoms with Crippen LogP contribution in [0, 0.1) is 12.3 Å². The fraction of sp³-hybridized carbons (Fsp3) is 0.538. The van der Waals surface area contributed by atoms with Gasteiger partial charge in [0.05, 0.1) is 0 Å². The van der Waals surface area contributed by atoms with E-state index in [0.29, 0.717) is 5.95 Å². The molecule has 0 spiro atoms. The van der Waals surface area contributed by atoms with Crippen LogP contribution in [0.3, 0.4) is 0 Å². The molecule has 0 radical (unpaired) electrons. The predicted octanol–water partition coefficient (Wildman–Crippen LogP) is 1.86. The van der Waals surface area contributed by atoms with Crippen molar-refractivity contribution >= 4 is 11.6 Å². The SMILES string of the molecule is Cc1ccn2nc(NCC(C)(C)CCO)nc2c1. The van der Waals surface area contributed by atoms with Crippen LogP contribution in [-0.4, -0.2) is 32.9 Å². The van der Waals surface area contributed by atoms with E-state index in [-0.39, 0.29) is 12.0 Å². The molecule has 0 aliphatic carbocycles. The minimum absolute atomic E-state index is 0.0299. The van der Waals surface area contributed by atoms with Crippen LogP contribution in [0.4, 0.5) is 5.95 Å². The fourth-order valence-electron chi connectivity index (χ4n) is 1.77. The molecule has 0 bridgehead atoms. The number of aliphatic hydroxyl groups excluding tert-OH is 1. The molecule has 2 aromatic heterocycles. The summed E-state index contributed by atoms with van der Waals surface area (Å²) >= 11 is 0. The highest BCUT2D eigenvalue weighted by molar-refractivity contribution is 5.45. The Hall–Kier alpha value is -1.62. The summed E-state index contributed by atoms with van der Waals surface area (Å²) in [7, 11) is 0. The number of anilines is 1. The molecule has 2 rings (SSSR count). The van der Waals surface area contributed by atoms with Crippen molar-refractivity contribution in [3.8, 4) is 0 Å². The number of hydrogen-bond acceptors (Lipinski definition) is 4. The number of aromatic nitrogens is 3. The first kappa shape index (κ1) is 12.8. The molecule has 0 saturated heterocycles. The Balaban J connectivity index is 2.08. The molecule has 5 nitrogen and oxygen atoms in total. The van der Waals surface area contributed by atoms with Gasteiger partial charge < -0.3 is 10.4 Å². The number of nitrogens with one attached hydrogen (secondary N) is 1. The van der Waals surface area contributed by atoms with E-state index in [1.54, 1.807) is 4.52 Å². The van der Waals surface area contributed by atoms with E-state index in [4.69, 9.17) is 5.11 Å². The lowest BCUT2D eigenvalue weighted by Gasteiger charge is -2.23. The van der Waals surface area contributed by atoms with Gasteiger partial charge >= 0.3 is 0 Å². The van der Waals surface area contributed by atoms with E-state index in [9.17, 15) is 0 Å². The largest absolute Gasteiger partial charge is 0.396 e. The maximum absolute atomic E-state index is 8.98. The van der Waals surface area contributed by atoms with Crippen LogP contribution in [0.25, 0.3) is 5.65 Å². The molecule has 0 saturated carbocycles. The van der Waals surface area contributed by atoms with E-state index in [1.165, 1.54) is 5.56 Å². The van der Waals surface area contributed by atoms with E-state index in [2.05, 4.69) is 29.2 Å². The Labute approximate surface area is 107 Å². The number of rotatable bonds is 5. The molecule has 98 valence electrons. The maximum Gasteiger partial charge on any atom is 0.243 e. The van der Waals surface area contributed by atoms with Crippen LogP contribution < -0.4 is 5.32 Å². The highest BCUT2D eigenvalue weighted by atomic mass is 16.3. The maximum atomic E-state index is 8.98. The topological polar surface area (TPSA) is 62.5 Å². The molecule has 0 amide bonds. The Bertz CT molecular complexity index is 533. The summed E-state index contributed by atoms with van der Waals surface area (Å²) in [6.07, 6.45) is 2.66. The normalized spacial score (nSPS) is 12.0. The second-order valence-electron chi connectivity index (χ2n) is 5.43. The summed E-state index contributed by atoms with van der Waals surface area (Å²) in [5, 5.41) is 16.6. The van der Waals surface area contributed by atoms with Gasteiger partial charge in [0.1, 0.15) is 0 Å². The zero-order chi connectivity index (χ0) is 13.2. The lowest BCUT2D eigenvalue weighted by Crippen LogP contribution is -2.24. The molecule has 0 aromatic carbocycles. The monoisotopic (exact) mass is 248 g/mol. The summed E-state index contributed by atoms with van der Waals surface area (Å²) in [4.78, 5) is 4.41. The van der Waals surface area contributed by atoms with Gasteiger partial charge in [-0.05, 0) is 36.5 Å². The minimum atomic E-state index is 0.0299. The van der Waals surface area contributed by atoms with Crippen molar-refractivity contribution in [2.24, 2.45) is 5.41 Å². The highest BCUT2D eigenvalue weighted by Gasteiger charge is 2.17. The van der Waals surface area contributed by atoms with Crippen LogP contribution in [-0.2, 0) is 0 Å². The van der Waals surface area contributed by atoms with Crippen molar-refractivity contribution < 1.29 is 5.11 Å². The van der Waals surface area contributed by atoms with Crippen molar-refractivity contribution in [1.29, 1.82) is 0 Å². The van der Waals surface area contributed by atoms with Crippen molar-refractivity contribution in [2.75, 3.05) is 18.5 Å². The molecule has 18 heavy (non-hydrogen) atoms. The molecule has 2 N–H and O–H groups in total. The van der Waals surface area contributed by atoms with Gasteiger partial charge in [0.15, 0.2) is 5.65 Å². The molecule has 0 aliphatic heterocycles. The van der Waals surface area contributed by atoms with E-state index >= 15 is 0 Å². The highest BCUT2D eigenvalue weighted by Crippen LogP contribution is 2.20. The molecular weight excluding hydrogens is 228 g/mol. The van der Waals surface area contributed by atoms with E-state index in [0.717, 1.165) is 18.6 Å². The average molecular weight is 248 g/mol. The van der Waals surface area contributed by atoms with Gasteiger partial charge in [0, 0.05) is 19.3 Å². The Morgan fingerprint density at radius 2 is 2.22 bits per heavy atom. The standard InChI is InChI=1S/C13H20N4O/c1-10-4-6-17-11(8-10)15-12(16-17)14-9-13(2,3)5-7-18/h4,6,8,18H,5,7,9H2,1-3H3,(H,14,16). The Morgan fingerprint density at radius 1 is 1.44 bits per heavy atom. The van der Waals surface area contributed by atoms with Gasteiger partial charge in [-0.2, -0.15) is 4.98 Å². The molecule has 2 aromatic rings. The number of fused-ring (bicyclic) bond motifs is 1. The van der Waals surface area contributed by atoms with Gasteiger partial charge in [-0.15, -0.1) is 5.10 Å². The molecule has 0 aliphatic rings. The van der Waals surface area contributed by atoms with Crippen LogP contribution in [0.1, 0.15) is 25.8 Å². The smallest absolute Gasteiger partial charge is 0.243 e. The van der Waals surface area contributed by atoms with Crippen LogP contribution in [0.2, 0.25) is 0 Å². The summed E-state index contributed by atoms with van der Waals surface area (Å²) in [6, 6.07) is 4.00. The second kappa shape index (κ2) is 4.94. The van der Waals surface area contributed by atoms with Crippen LogP contribution >= 0.6 is 0 Å². The molecule has 0 unspecified atom stereocenters. The number of aryl methyl sites for hydroxylation is 1. The molecule has 5 heteroatoms. The molecule has 0 fully saturated rings. The van der Waals surface area contributed by atoms with Gasteiger partial charge in [-0.25, -0.2) is 4.52 Å². The summed E-state index contributed by atoms with van der Waals surface area (Å²) in [6.45, 7) is 7.19. The third kappa shape index (κ3) is 2.98. The zero-order valence-corrected chi connectivity index (χ0v) is 11.1. The predicted molar refractivity (Wildman–Crippen MR) is 71.7 cm³/mol. The molecule has 0 atom stereocenters. The van der Waals surface area contributed by atoms with Gasteiger partial charge in [0.2, 0.25) is 5.95 Å². The number of hydrogen-bond donors (Lipinski definition) is 2.